The zero-order valence-corrected chi connectivity index (χ0v) is 8.29. The third-order valence-corrected chi connectivity index (χ3v) is 1.69. The van der Waals surface area contributed by atoms with Crippen molar-refractivity contribution in [3.8, 4) is 5.75 Å². The summed E-state index contributed by atoms with van der Waals surface area (Å²) in [6.45, 7) is 1.82. The fourth-order valence-electron chi connectivity index (χ4n) is 1.03. The molecular formula is C11H16NO. The third-order valence-electron chi connectivity index (χ3n) is 1.69. The molecule has 1 aromatic carbocycles. The van der Waals surface area contributed by atoms with Crippen LogP contribution in [0.5, 0.6) is 5.75 Å². The van der Waals surface area contributed by atoms with E-state index < -0.39 is 0 Å². The summed E-state index contributed by atoms with van der Waals surface area (Å²) < 4.78 is 5.47. The normalized spacial score (nSPS) is 10.4. The molecule has 0 aromatic heterocycles. The van der Waals surface area contributed by atoms with Gasteiger partial charge in [-0.15, -0.1) is 0 Å². The summed E-state index contributed by atoms with van der Waals surface area (Å²) in [5.41, 5.74) is 0. The molecule has 1 radical (unpaired) electrons. The number of benzene rings is 1. The third kappa shape index (κ3) is 4.53. The molecule has 0 saturated heterocycles. The SMILES string of the molecule is CN(C)CCCOc1[c]cccc1. The molecule has 0 amide bonds. The minimum absolute atomic E-state index is 0.763. The number of para-hydroxylation sites is 1. The molecular weight excluding hydrogens is 162 g/mol. The van der Waals surface area contributed by atoms with Gasteiger partial charge in [0, 0.05) is 12.6 Å². The molecule has 0 bridgehead atoms. The van der Waals surface area contributed by atoms with Crippen molar-refractivity contribution >= 4 is 0 Å². The number of rotatable bonds is 5. The van der Waals surface area contributed by atoms with Crippen LogP contribution >= 0.6 is 0 Å². The van der Waals surface area contributed by atoms with Gasteiger partial charge in [-0.05, 0) is 26.6 Å². The van der Waals surface area contributed by atoms with Crippen molar-refractivity contribution in [2.45, 2.75) is 6.42 Å². The van der Waals surface area contributed by atoms with Crippen LogP contribution in [0.15, 0.2) is 24.3 Å². The Kier molecular flexibility index (Phi) is 4.33. The van der Waals surface area contributed by atoms with Crippen LogP contribution in [-0.4, -0.2) is 32.1 Å². The summed E-state index contributed by atoms with van der Waals surface area (Å²) in [5.74, 6) is 0.834. The van der Waals surface area contributed by atoms with E-state index in [1.165, 1.54) is 0 Å². The maximum atomic E-state index is 5.47. The molecule has 0 aliphatic rings. The molecule has 1 aromatic rings. The average molecular weight is 178 g/mol. The highest BCUT2D eigenvalue weighted by atomic mass is 16.5. The van der Waals surface area contributed by atoms with Gasteiger partial charge in [-0.3, -0.25) is 0 Å². The van der Waals surface area contributed by atoms with E-state index >= 15 is 0 Å². The Labute approximate surface area is 80.1 Å². The van der Waals surface area contributed by atoms with Crippen molar-refractivity contribution in [3.05, 3.63) is 30.3 Å². The van der Waals surface area contributed by atoms with Gasteiger partial charge in [0.15, 0.2) is 0 Å². The van der Waals surface area contributed by atoms with Gasteiger partial charge in [0.05, 0.1) is 6.61 Å². The molecule has 13 heavy (non-hydrogen) atoms. The first-order valence-electron chi connectivity index (χ1n) is 4.53. The zero-order chi connectivity index (χ0) is 9.52. The van der Waals surface area contributed by atoms with Gasteiger partial charge in [-0.2, -0.15) is 0 Å². The molecule has 0 saturated carbocycles. The quantitative estimate of drug-likeness (QED) is 0.638. The van der Waals surface area contributed by atoms with Gasteiger partial charge in [-0.25, -0.2) is 0 Å². The van der Waals surface area contributed by atoms with E-state index in [0.717, 1.165) is 25.3 Å². The summed E-state index contributed by atoms with van der Waals surface area (Å²) in [6.07, 6.45) is 1.05. The van der Waals surface area contributed by atoms with E-state index in [9.17, 15) is 0 Å². The van der Waals surface area contributed by atoms with Crippen molar-refractivity contribution < 1.29 is 4.74 Å². The van der Waals surface area contributed by atoms with Crippen molar-refractivity contribution in [3.63, 3.8) is 0 Å². The Morgan fingerprint density at radius 2 is 2.23 bits per heavy atom. The highest BCUT2D eigenvalue weighted by Gasteiger charge is 1.93. The minimum atomic E-state index is 0.763. The lowest BCUT2D eigenvalue weighted by Crippen LogP contribution is -2.15. The Hall–Kier alpha value is -1.02. The molecule has 0 aliphatic carbocycles. The predicted octanol–water partition coefficient (Wildman–Crippen LogP) is 1.82. The van der Waals surface area contributed by atoms with E-state index in [4.69, 9.17) is 4.74 Å². The van der Waals surface area contributed by atoms with E-state index in [-0.39, 0.29) is 0 Å². The lowest BCUT2D eigenvalue weighted by Gasteiger charge is -2.09. The van der Waals surface area contributed by atoms with Gasteiger partial charge in [-0.1, -0.05) is 18.2 Å². The smallest absolute Gasteiger partial charge is 0.127 e. The Bertz CT molecular complexity index is 221. The number of hydrogen-bond acceptors (Lipinski definition) is 2. The van der Waals surface area contributed by atoms with Crippen molar-refractivity contribution in [1.82, 2.24) is 4.90 Å². The first-order valence-corrected chi connectivity index (χ1v) is 4.53. The average Bonchev–Trinajstić information content (AvgIpc) is 2.14. The molecule has 0 N–H and O–H groups in total. The number of nitrogens with zero attached hydrogens (tertiary/aromatic N) is 1. The van der Waals surface area contributed by atoms with Crippen LogP contribution in [0.4, 0.5) is 0 Å². The Balaban J connectivity index is 2.13. The fraction of sp³-hybridized carbons (Fsp3) is 0.455. The van der Waals surface area contributed by atoms with Crippen LogP contribution in [0.3, 0.4) is 0 Å². The molecule has 0 heterocycles. The second-order valence-electron chi connectivity index (χ2n) is 3.23. The highest BCUT2D eigenvalue weighted by molar-refractivity contribution is 5.19. The van der Waals surface area contributed by atoms with Crippen LogP contribution < -0.4 is 4.74 Å². The van der Waals surface area contributed by atoms with Crippen molar-refractivity contribution in [2.75, 3.05) is 27.2 Å². The summed E-state index contributed by atoms with van der Waals surface area (Å²) >= 11 is 0. The van der Waals surface area contributed by atoms with E-state index in [0.29, 0.717) is 0 Å². The first-order chi connectivity index (χ1) is 6.29. The summed E-state index contributed by atoms with van der Waals surface area (Å²) in [6, 6.07) is 10.7. The van der Waals surface area contributed by atoms with Gasteiger partial charge in [0.25, 0.3) is 0 Å². The van der Waals surface area contributed by atoms with Crippen LogP contribution in [0.2, 0.25) is 0 Å². The number of hydrogen-bond donors (Lipinski definition) is 0. The summed E-state index contributed by atoms with van der Waals surface area (Å²) in [4.78, 5) is 2.15. The van der Waals surface area contributed by atoms with Crippen LogP contribution in [0, 0.1) is 6.07 Å². The standard InChI is InChI=1S/C11H16NO/c1-12(2)9-6-10-13-11-7-4-3-5-8-11/h3-5,7H,6,9-10H2,1-2H3. The van der Waals surface area contributed by atoms with E-state index in [1.807, 2.05) is 24.3 Å². The van der Waals surface area contributed by atoms with Crippen molar-refractivity contribution in [1.29, 1.82) is 0 Å². The first kappa shape index (κ1) is 10.1. The summed E-state index contributed by atoms with van der Waals surface area (Å²) in [5, 5.41) is 0. The van der Waals surface area contributed by atoms with Gasteiger partial charge in [0.1, 0.15) is 5.75 Å². The molecule has 1 rings (SSSR count). The maximum Gasteiger partial charge on any atom is 0.127 e. The van der Waals surface area contributed by atoms with Gasteiger partial charge < -0.3 is 9.64 Å². The second kappa shape index (κ2) is 5.60. The highest BCUT2D eigenvalue weighted by Crippen LogP contribution is 2.07. The molecule has 71 valence electrons. The molecule has 0 unspecified atom stereocenters. The fourth-order valence-corrected chi connectivity index (χ4v) is 1.03. The Morgan fingerprint density at radius 1 is 1.38 bits per heavy atom. The van der Waals surface area contributed by atoms with Crippen LogP contribution in [0.1, 0.15) is 6.42 Å². The van der Waals surface area contributed by atoms with E-state index in [2.05, 4.69) is 25.1 Å². The second-order valence-corrected chi connectivity index (χ2v) is 3.23. The zero-order valence-electron chi connectivity index (χ0n) is 8.29. The van der Waals surface area contributed by atoms with Crippen molar-refractivity contribution in [2.24, 2.45) is 0 Å². The van der Waals surface area contributed by atoms with Gasteiger partial charge >= 0.3 is 0 Å². The number of ether oxygens (including phenoxy) is 1. The lowest BCUT2D eigenvalue weighted by atomic mass is 10.3. The predicted molar refractivity (Wildman–Crippen MR) is 53.9 cm³/mol. The van der Waals surface area contributed by atoms with Crippen LogP contribution in [0.25, 0.3) is 0 Å². The summed E-state index contributed by atoms with van der Waals surface area (Å²) in [7, 11) is 4.13. The molecule has 0 aliphatic heterocycles. The minimum Gasteiger partial charge on any atom is -0.493 e. The molecule has 2 nitrogen and oxygen atoms in total. The Morgan fingerprint density at radius 3 is 2.85 bits per heavy atom. The molecule has 2 heteroatoms. The van der Waals surface area contributed by atoms with Gasteiger partial charge in [0.2, 0.25) is 0 Å². The van der Waals surface area contributed by atoms with E-state index in [1.54, 1.807) is 0 Å². The van der Waals surface area contributed by atoms with Crippen LogP contribution in [-0.2, 0) is 0 Å². The molecule has 0 spiro atoms. The lowest BCUT2D eigenvalue weighted by molar-refractivity contribution is 0.281. The molecule has 0 atom stereocenters. The molecule has 0 fully saturated rings. The topological polar surface area (TPSA) is 12.5 Å². The monoisotopic (exact) mass is 178 g/mol. The maximum absolute atomic E-state index is 5.47. The largest absolute Gasteiger partial charge is 0.493 e.